The van der Waals surface area contributed by atoms with E-state index >= 15 is 0 Å². The van der Waals surface area contributed by atoms with Crippen molar-refractivity contribution in [1.82, 2.24) is 14.9 Å². The van der Waals surface area contributed by atoms with Crippen LogP contribution in [0.25, 0.3) is 0 Å². The van der Waals surface area contributed by atoms with Gasteiger partial charge in [-0.3, -0.25) is 9.69 Å². The molecule has 0 saturated carbocycles. The highest BCUT2D eigenvalue weighted by molar-refractivity contribution is 5.37. The van der Waals surface area contributed by atoms with Crippen molar-refractivity contribution in [2.75, 3.05) is 24.5 Å². The number of aromatic nitrogens is 2. The summed E-state index contributed by atoms with van der Waals surface area (Å²) in [6, 6.07) is 4.17. The second-order valence-corrected chi connectivity index (χ2v) is 9.46. The lowest BCUT2D eigenvalue weighted by atomic mass is 9.95. The predicted molar refractivity (Wildman–Crippen MR) is 111 cm³/mol. The standard InChI is InChI=1S/C22H32N4O2/c1-15-7-11-26(12-8-15)19-6-5-16(28-19)13-25-10-9-18-17(14-25)20(27)24-21(23-18)22(2,3)4/h5-6,15H,7-14H2,1-4H3,(H,23,24,27). The first-order valence-electron chi connectivity index (χ1n) is 10.5. The van der Waals surface area contributed by atoms with E-state index < -0.39 is 0 Å². The minimum atomic E-state index is -0.151. The molecule has 4 rings (SSSR count). The Labute approximate surface area is 167 Å². The third-order valence-corrected chi connectivity index (χ3v) is 5.98. The van der Waals surface area contributed by atoms with Crippen LogP contribution in [-0.2, 0) is 24.9 Å². The summed E-state index contributed by atoms with van der Waals surface area (Å²) in [6.07, 6.45) is 3.26. The molecule has 0 unspecified atom stereocenters. The molecule has 0 spiro atoms. The van der Waals surface area contributed by atoms with Crippen molar-refractivity contribution in [1.29, 1.82) is 0 Å². The summed E-state index contributed by atoms with van der Waals surface area (Å²) < 4.78 is 6.13. The summed E-state index contributed by atoms with van der Waals surface area (Å²) >= 11 is 0. The maximum atomic E-state index is 12.6. The molecule has 0 radical (unpaired) electrons. The van der Waals surface area contributed by atoms with Crippen LogP contribution in [0.3, 0.4) is 0 Å². The average Bonchev–Trinajstić information content (AvgIpc) is 3.10. The molecule has 1 N–H and O–H groups in total. The first kappa shape index (κ1) is 19.2. The van der Waals surface area contributed by atoms with Crippen LogP contribution in [0.1, 0.15) is 63.4 Å². The van der Waals surface area contributed by atoms with Gasteiger partial charge in [-0.05, 0) is 24.8 Å². The molecule has 2 aromatic rings. The topological polar surface area (TPSA) is 65.4 Å². The van der Waals surface area contributed by atoms with Crippen LogP contribution in [-0.4, -0.2) is 34.5 Å². The zero-order valence-electron chi connectivity index (χ0n) is 17.5. The van der Waals surface area contributed by atoms with Gasteiger partial charge in [-0.2, -0.15) is 0 Å². The number of nitrogens with one attached hydrogen (secondary N) is 1. The van der Waals surface area contributed by atoms with Crippen LogP contribution in [0.5, 0.6) is 0 Å². The number of aromatic amines is 1. The van der Waals surface area contributed by atoms with Crippen molar-refractivity contribution in [2.24, 2.45) is 5.92 Å². The zero-order chi connectivity index (χ0) is 19.9. The lowest BCUT2D eigenvalue weighted by molar-refractivity contribution is 0.222. The molecule has 1 fully saturated rings. The fourth-order valence-corrected chi connectivity index (χ4v) is 4.04. The van der Waals surface area contributed by atoms with Gasteiger partial charge in [0.2, 0.25) is 0 Å². The van der Waals surface area contributed by atoms with Gasteiger partial charge < -0.3 is 14.3 Å². The maximum Gasteiger partial charge on any atom is 0.255 e. The number of furan rings is 1. The summed E-state index contributed by atoms with van der Waals surface area (Å²) in [5.41, 5.74) is 1.60. The number of H-pyrrole nitrogens is 1. The highest BCUT2D eigenvalue weighted by Crippen LogP contribution is 2.26. The van der Waals surface area contributed by atoms with E-state index in [1.54, 1.807) is 0 Å². The van der Waals surface area contributed by atoms with E-state index in [2.05, 4.69) is 54.6 Å². The van der Waals surface area contributed by atoms with Gasteiger partial charge >= 0.3 is 0 Å². The average molecular weight is 385 g/mol. The molecule has 28 heavy (non-hydrogen) atoms. The van der Waals surface area contributed by atoms with E-state index in [1.165, 1.54) is 12.8 Å². The number of nitrogens with zero attached hydrogens (tertiary/aromatic N) is 3. The molecule has 2 aliphatic rings. The van der Waals surface area contributed by atoms with Crippen molar-refractivity contribution in [2.45, 2.75) is 65.5 Å². The molecule has 0 aromatic carbocycles. The first-order chi connectivity index (χ1) is 13.3. The van der Waals surface area contributed by atoms with Crippen LogP contribution >= 0.6 is 0 Å². The largest absolute Gasteiger partial charge is 0.444 e. The van der Waals surface area contributed by atoms with E-state index in [4.69, 9.17) is 9.40 Å². The van der Waals surface area contributed by atoms with Crippen molar-refractivity contribution >= 4 is 5.88 Å². The molecule has 2 aromatic heterocycles. The minimum absolute atomic E-state index is 0.00203. The molecule has 6 nitrogen and oxygen atoms in total. The summed E-state index contributed by atoms with van der Waals surface area (Å²) in [5.74, 6) is 3.53. The Morgan fingerprint density at radius 1 is 1.21 bits per heavy atom. The van der Waals surface area contributed by atoms with Gasteiger partial charge in [0.25, 0.3) is 5.56 Å². The van der Waals surface area contributed by atoms with Crippen LogP contribution in [0.15, 0.2) is 21.3 Å². The van der Waals surface area contributed by atoms with Crippen molar-refractivity contribution in [3.05, 3.63) is 45.3 Å². The Morgan fingerprint density at radius 3 is 2.68 bits per heavy atom. The number of hydrogen-bond donors (Lipinski definition) is 1. The number of piperidine rings is 1. The van der Waals surface area contributed by atoms with Gasteiger partial charge in [0.15, 0.2) is 5.88 Å². The van der Waals surface area contributed by atoms with E-state index in [1.807, 2.05) is 0 Å². The quantitative estimate of drug-likeness (QED) is 0.878. The van der Waals surface area contributed by atoms with Gasteiger partial charge in [0.1, 0.15) is 11.6 Å². The molecule has 0 aliphatic carbocycles. The van der Waals surface area contributed by atoms with E-state index in [0.29, 0.717) is 6.54 Å². The molecule has 0 atom stereocenters. The molecule has 4 heterocycles. The summed E-state index contributed by atoms with van der Waals surface area (Å²) in [7, 11) is 0. The lowest BCUT2D eigenvalue weighted by Crippen LogP contribution is -2.37. The second kappa shape index (κ2) is 7.39. The van der Waals surface area contributed by atoms with Gasteiger partial charge in [-0.1, -0.05) is 27.7 Å². The molecule has 0 bridgehead atoms. The maximum absolute atomic E-state index is 12.6. The fraction of sp³-hybridized carbons (Fsp3) is 0.636. The van der Waals surface area contributed by atoms with Crippen molar-refractivity contribution in [3.8, 4) is 0 Å². The van der Waals surface area contributed by atoms with Crippen LogP contribution in [0.4, 0.5) is 5.88 Å². The van der Waals surface area contributed by atoms with Crippen LogP contribution in [0.2, 0.25) is 0 Å². The van der Waals surface area contributed by atoms with Crippen LogP contribution in [0, 0.1) is 5.92 Å². The smallest absolute Gasteiger partial charge is 0.255 e. The highest BCUT2D eigenvalue weighted by atomic mass is 16.4. The molecule has 6 heteroatoms. The Morgan fingerprint density at radius 2 is 1.96 bits per heavy atom. The Bertz CT molecular complexity index is 885. The van der Waals surface area contributed by atoms with Gasteiger partial charge in [-0.25, -0.2) is 4.98 Å². The molecule has 1 saturated heterocycles. The normalized spacial score (nSPS) is 19.1. The zero-order valence-corrected chi connectivity index (χ0v) is 17.5. The highest BCUT2D eigenvalue weighted by Gasteiger charge is 2.25. The van der Waals surface area contributed by atoms with Crippen LogP contribution < -0.4 is 10.5 Å². The number of hydrogen-bond acceptors (Lipinski definition) is 5. The SMILES string of the molecule is CC1CCN(c2ccc(CN3CCc4nc(C(C)(C)C)[nH]c(=O)c4C3)o2)CC1. The molecule has 152 valence electrons. The summed E-state index contributed by atoms with van der Waals surface area (Å²) in [4.78, 5) is 25.0. The van der Waals surface area contributed by atoms with Gasteiger partial charge in [0.05, 0.1) is 17.8 Å². The van der Waals surface area contributed by atoms with Crippen molar-refractivity contribution < 1.29 is 4.42 Å². The third kappa shape index (κ3) is 4.02. The number of anilines is 1. The Balaban J connectivity index is 1.44. The monoisotopic (exact) mass is 384 g/mol. The van der Waals surface area contributed by atoms with Crippen molar-refractivity contribution in [3.63, 3.8) is 0 Å². The lowest BCUT2D eigenvalue weighted by Gasteiger charge is -2.30. The van der Waals surface area contributed by atoms with E-state index in [0.717, 1.165) is 67.2 Å². The number of rotatable bonds is 3. The fourth-order valence-electron chi connectivity index (χ4n) is 4.04. The Kier molecular flexibility index (Phi) is 5.08. The summed E-state index contributed by atoms with van der Waals surface area (Å²) in [6.45, 7) is 12.9. The summed E-state index contributed by atoms with van der Waals surface area (Å²) in [5, 5.41) is 0. The van der Waals surface area contributed by atoms with E-state index in [-0.39, 0.29) is 11.0 Å². The minimum Gasteiger partial charge on any atom is -0.444 e. The van der Waals surface area contributed by atoms with E-state index in [9.17, 15) is 4.79 Å². The van der Waals surface area contributed by atoms with Gasteiger partial charge in [-0.15, -0.1) is 0 Å². The third-order valence-electron chi connectivity index (χ3n) is 5.98. The molecular formula is C22H32N4O2. The molecule has 0 amide bonds. The molecule has 2 aliphatic heterocycles. The Hall–Kier alpha value is -2.08. The van der Waals surface area contributed by atoms with Gasteiger partial charge in [0, 0.05) is 44.1 Å². The number of fused-ring (bicyclic) bond motifs is 1. The molecular weight excluding hydrogens is 352 g/mol. The first-order valence-corrected chi connectivity index (χ1v) is 10.5. The predicted octanol–water partition coefficient (Wildman–Crippen LogP) is 3.46. The second-order valence-electron chi connectivity index (χ2n) is 9.46.